The summed E-state index contributed by atoms with van der Waals surface area (Å²) in [5.41, 5.74) is 7.47. The number of hydrogen-bond acceptors (Lipinski definition) is 4. The third-order valence-electron chi connectivity index (χ3n) is 18.8. The van der Waals surface area contributed by atoms with Gasteiger partial charge in [0.15, 0.2) is 0 Å². The highest BCUT2D eigenvalue weighted by Crippen LogP contribution is 2.56. The molecule has 4 nitrogen and oxygen atoms in total. The van der Waals surface area contributed by atoms with Gasteiger partial charge in [0.25, 0.3) is 13.4 Å². The molecule has 4 aliphatic heterocycles. The first-order chi connectivity index (χ1) is 51.9. The Balaban J connectivity index is 1.21. The van der Waals surface area contributed by atoms with Crippen LogP contribution in [0, 0.1) is 0 Å². The fraction of sp³-hybridized carbons (Fsp3) is 0.182. The van der Waals surface area contributed by atoms with Gasteiger partial charge in [-0.15, -0.1) is 0 Å². The maximum atomic E-state index is 11.6. The molecule has 94 heavy (non-hydrogen) atoms. The Morgan fingerprint density at radius 2 is 0.702 bits per heavy atom. The van der Waals surface area contributed by atoms with Gasteiger partial charge < -0.3 is 19.3 Å². The van der Waals surface area contributed by atoms with E-state index in [0.717, 1.165) is 38.9 Å². The van der Waals surface area contributed by atoms with Gasteiger partial charge in [0.2, 0.25) is 0 Å². The molecule has 0 amide bonds. The van der Waals surface area contributed by atoms with E-state index in [9.17, 15) is 20.6 Å². The Kier molecular flexibility index (Phi) is 10.1. The van der Waals surface area contributed by atoms with Crippen LogP contribution in [0.2, 0.25) is 0 Å². The minimum Gasteiger partial charge on any atom is -0.459 e. The lowest BCUT2D eigenvalue weighted by Gasteiger charge is -2.48. The van der Waals surface area contributed by atoms with Crippen molar-refractivity contribution < 1.29 is 31.4 Å². The van der Waals surface area contributed by atoms with Gasteiger partial charge in [-0.05, 0) is 159 Å². The Morgan fingerprint density at radius 1 is 0.309 bits per heavy atom. The summed E-state index contributed by atoms with van der Waals surface area (Å²) >= 11 is 0. The van der Waals surface area contributed by atoms with Gasteiger partial charge in [-0.3, -0.25) is 0 Å². The Hall–Kier alpha value is -10.0. The van der Waals surface area contributed by atoms with Gasteiger partial charge in [0, 0.05) is 56.5 Å². The maximum Gasteiger partial charge on any atom is 0.260 e. The van der Waals surface area contributed by atoms with Crippen LogP contribution in [-0.2, 0) is 21.7 Å². The number of fused-ring (bicyclic) bond motifs is 9. The SMILES string of the molecule is [2H]c1c([2H])c([2H])c2c(c1[2H])Oc1c([2H])c3c(c4c1B2c1c([2H])c([2H])c([2H])c([2H])c1O4)B1c2c(cc(C(C)(C)C)cc2N3c2c(-c3ccccc3)cc(C(C)(C)C)cc2-c2ccccc2)N(c2c(-c3ccccc3)cc(C(C)(C)C)cc2-c2ccccc2)c2c([2H])c(-c3c([2H])c([2H])c(C(C)(C)C)c([2H])c3[2H])c([2H])c([2H])c21. The van der Waals surface area contributed by atoms with Crippen molar-refractivity contribution in [2.24, 2.45) is 0 Å². The van der Waals surface area contributed by atoms with Crippen molar-refractivity contribution in [2.75, 3.05) is 9.80 Å². The number of rotatable bonds is 7. The fourth-order valence-corrected chi connectivity index (χ4v) is 13.9. The molecule has 0 saturated carbocycles. The monoisotopic (exact) mass is 1230 g/mol. The molecule has 12 aromatic rings. The largest absolute Gasteiger partial charge is 0.459 e. The first-order valence-electron chi connectivity index (χ1n) is 40.2. The Morgan fingerprint density at radius 3 is 1.14 bits per heavy atom. The molecular formula is C88H78B2N2O2. The molecule has 16 rings (SSSR count). The van der Waals surface area contributed by atoms with Crippen molar-refractivity contribution >= 4 is 80.3 Å². The molecule has 0 aliphatic carbocycles. The van der Waals surface area contributed by atoms with Crippen LogP contribution in [0.3, 0.4) is 0 Å². The lowest BCUT2D eigenvalue weighted by molar-refractivity contribution is 0.467. The zero-order valence-corrected chi connectivity index (χ0v) is 54.9. The summed E-state index contributed by atoms with van der Waals surface area (Å²) in [6, 6.07) is 43.7. The van der Waals surface area contributed by atoms with Crippen molar-refractivity contribution in [3.05, 3.63) is 277 Å². The molecule has 0 N–H and O–H groups in total. The van der Waals surface area contributed by atoms with Crippen LogP contribution in [0.15, 0.2) is 254 Å². The molecule has 4 heterocycles. The third kappa shape index (κ3) is 9.73. The first-order valence-corrected chi connectivity index (χ1v) is 32.2. The van der Waals surface area contributed by atoms with Crippen LogP contribution >= 0.6 is 0 Å². The van der Waals surface area contributed by atoms with E-state index in [1.54, 1.807) is 20.8 Å². The predicted octanol–water partition coefficient (Wildman–Crippen LogP) is 20.0. The van der Waals surface area contributed by atoms with Gasteiger partial charge in [-0.1, -0.05) is 277 Å². The van der Waals surface area contributed by atoms with E-state index >= 15 is 0 Å². The molecule has 0 spiro atoms. The second kappa shape index (κ2) is 21.8. The van der Waals surface area contributed by atoms with Gasteiger partial charge in [-0.2, -0.15) is 0 Å². The lowest BCUT2D eigenvalue weighted by Crippen LogP contribution is -2.65. The summed E-state index contributed by atoms with van der Waals surface area (Å²) in [5.74, 6) is -1.15. The van der Waals surface area contributed by atoms with Gasteiger partial charge >= 0.3 is 0 Å². The van der Waals surface area contributed by atoms with E-state index in [1.165, 1.54) is 0 Å². The fourth-order valence-electron chi connectivity index (χ4n) is 13.9. The van der Waals surface area contributed by atoms with Crippen LogP contribution in [-0.4, -0.2) is 13.4 Å². The standard InChI is InChI=1S/C88H78B2N2O2/c1-85(2,3)61-44-41-55(42-45-61)60-43-46-69-72(47-60)91(82-65(56-29-17-13-18-30-56)48-62(86(4,5)6)49-66(82)57-31-19-14-20-32-57)73-52-64(88(10,11)12)53-74-79(73)90(69)80-75(54-78-81-84(80)94-77-40-28-26-38-71(77)89(81)70-37-25-27-39-76(70)93-78)92(74)83-67(58-33-21-15-22-34-58)50-63(87(7,8)9)51-68(83)59-35-23-16-24-36-59/h13-54H,1-12H3/i25D,26D,27D,28D,37D,38D,39D,40D,41D,42D,43D,44D,45D,46D,47D,54D. The van der Waals surface area contributed by atoms with Gasteiger partial charge in [0.05, 0.1) is 33.3 Å². The van der Waals surface area contributed by atoms with Crippen molar-refractivity contribution in [3.8, 4) is 78.6 Å². The Labute approximate surface area is 579 Å². The van der Waals surface area contributed by atoms with Crippen molar-refractivity contribution in [3.63, 3.8) is 0 Å². The zero-order valence-electron chi connectivity index (χ0n) is 70.9. The summed E-state index contributed by atoms with van der Waals surface area (Å²) in [6.45, 7) is 21.5. The minimum absolute atomic E-state index is 0.00384. The van der Waals surface area contributed by atoms with Crippen LogP contribution in [0.1, 0.15) is 127 Å². The second-order valence-electron chi connectivity index (χ2n) is 29.2. The molecule has 12 aromatic carbocycles. The van der Waals surface area contributed by atoms with Crippen LogP contribution in [0.5, 0.6) is 23.0 Å². The number of nitrogens with zero attached hydrogens (tertiary/aromatic N) is 2. The molecule has 0 aromatic heterocycles. The summed E-state index contributed by atoms with van der Waals surface area (Å²) in [7, 11) is 0. The van der Waals surface area contributed by atoms with Crippen LogP contribution < -0.4 is 52.1 Å². The number of benzene rings is 12. The molecule has 0 radical (unpaired) electrons. The smallest absolute Gasteiger partial charge is 0.260 e. The van der Waals surface area contributed by atoms with E-state index in [1.807, 2.05) is 131 Å². The van der Waals surface area contributed by atoms with Crippen molar-refractivity contribution in [1.82, 2.24) is 0 Å². The van der Waals surface area contributed by atoms with E-state index in [4.69, 9.17) is 10.8 Å². The zero-order chi connectivity index (χ0) is 78.7. The number of anilines is 6. The Bertz CT molecular complexity index is 5820. The number of hydrogen-bond donors (Lipinski definition) is 0. The number of para-hydroxylation sites is 2. The highest BCUT2D eigenvalue weighted by Gasteiger charge is 2.51. The quantitative estimate of drug-likeness (QED) is 0.149. The molecule has 0 atom stereocenters. The summed E-state index contributed by atoms with van der Waals surface area (Å²) < 4.78 is 176. The van der Waals surface area contributed by atoms with E-state index in [2.05, 4.69) is 98.7 Å². The summed E-state index contributed by atoms with van der Waals surface area (Å²) in [4.78, 5) is 4.03. The molecular weight excluding hydrogens is 1140 g/mol. The molecule has 0 fully saturated rings. The highest BCUT2D eigenvalue weighted by atomic mass is 16.5. The average molecular weight is 1230 g/mol. The van der Waals surface area contributed by atoms with E-state index < -0.39 is 114 Å². The van der Waals surface area contributed by atoms with Gasteiger partial charge in [-0.25, -0.2) is 0 Å². The molecule has 6 heteroatoms. The van der Waals surface area contributed by atoms with Crippen LogP contribution in [0.25, 0.3) is 55.6 Å². The first kappa shape index (κ1) is 43.7. The highest BCUT2D eigenvalue weighted by molar-refractivity contribution is 7.03. The van der Waals surface area contributed by atoms with Crippen molar-refractivity contribution in [2.45, 2.75) is 105 Å². The third-order valence-corrected chi connectivity index (χ3v) is 18.8. The molecule has 4 aliphatic rings. The van der Waals surface area contributed by atoms with Crippen LogP contribution in [0.4, 0.5) is 34.1 Å². The maximum absolute atomic E-state index is 11.6. The summed E-state index contributed by atoms with van der Waals surface area (Å²) in [5, 5.41) is 0. The molecule has 0 saturated heterocycles. The predicted molar refractivity (Wildman–Crippen MR) is 400 cm³/mol. The summed E-state index contributed by atoms with van der Waals surface area (Å²) in [6.07, 6.45) is 0. The van der Waals surface area contributed by atoms with E-state index in [-0.39, 0.29) is 96.5 Å². The average Bonchev–Trinajstić information content (AvgIpc) is 0.663. The van der Waals surface area contributed by atoms with E-state index in [0.29, 0.717) is 50.5 Å². The topological polar surface area (TPSA) is 24.9 Å². The minimum atomic E-state index is -1.56. The molecule has 0 unspecified atom stereocenters. The molecule has 0 bridgehead atoms. The second-order valence-corrected chi connectivity index (χ2v) is 29.2. The van der Waals surface area contributed by atoms with Gasteiger partial charge in [0.1, 0.15) is 23.0 Å². The molecule has 458 valence electrons. The normalized spacial score (nSPS) is 16.0. The van der Waals surface area contributed by atoms with Crippen molar-refractivity contribution in [1.29, 1.82) is 0 Å². The number of ether oxygens (including phenoxy) is 2. The lowest BCUT2D eigenvalue weighted by atomic mass is 9.30.